The zero-order valence-electron chi connectivity index (χ0n) is 17.3. The monoisotopic (exact) mass is 444 g/mol. The van der Waals surface area contributed by atoms with Crippen LogP contribution in [0.4, 0.5) is 0 Å². The molecule has 0 N–H and O–H groups in total. The predicted molar refractivity (Wildman–Crippen MR) is 113 cm³/mol. The maximum atomic E-state index is 12.7. The molecule has 3 aromatic rings. The van der Waals surface area contributed by atoms with E-state index < -0.39 is 17.8 Å². The summed E-state index contributed by atoms with van der Waals surface area (Å²) in [6.07, 6.45) is 0. The van der Waals surface area contributed by atoms with Crippen LogP contribution in [0.25, 0.3) is 10.2 Å². The van der Waals surface area contributed by atoms with Crippen LogP contribution in [0, 0.1) is 0 Å². The smallest absolute Gasteiger partial charge is 0.337 e. The van der Waals surface area contributed by atoms with Crippen LogP contribution >= 0.6 is 11.3 Å². The molecule has 0 saturated heterocycles. The van der Waals surface area contributed by atoms with E-state index in [1.54, 1.807) is 16.7 Å². The number of amides is 1. The van der Waals surface area contributed by atoms with Gasteiger partial charge in [0.15, 0.2) is 16.3 Å². The van der Waals surface area contributed by atoms with Gasteiger partial charge in [-0.3, -0.25) is 9.59 Å². The Morgan fingerprint density at radius 1 is 0.903 bits per heavy atom. The number of esters is 2. The van der Waals surface area contributed by atoms with Crippen molar-refractivity contribution in [2.45, 2.75) is 6.54 Å². The minimum absolute atomic E-state index is 0.140. The van der Waals surface area contributed by atoms with Gasteiger partial charge < -0.3 is 23.5 Å². The van der Waals surface area contributed by atoms with E-state index in [0.29, 0.717) is 27.4 Å². The molecule has 0 saturated carbocycles. The van der Waals surface area contributed by atoms with Crippen molar-refractivity contribution in [3.8, 4) is 11.5 Å². The summed E-state index contributed by atoms with van der Waals surface area (Å²) < 4.78 is 22.4. The molecule has 0 fully saturated rings. The molecule has 0 spiro atoms. The van der Waals surface area contributed by atoms with Crippen LogP contribution in [-0.2, 0) is 20.8 Å². The summed E-state index contributed by atoms with van der Waals surface area (Å²) in [6, 6.07) is 9.41. The number of carbonyl (C=O) groups excluding carboxylic acids is 3. The number of nitrogens with zero attached hydrogens (tertiary/aromatic N) is 2. The van der Waals surface area contributed by atoms with Gasteiger partial charge in [0.25, 0.3) is 5.91 Å². The van der Waals surface area contributed by atoms with Gasteiger partial charge in [0.2, 0.25) is 0 Å². The van der Waals surface area contributed by atoms with E-state index in [9.17, 15) is 14.4 Å². The molecule has 0 aliphatic carbocycles. The third kappa shape index (κ3) is 4.58. The first-order valence-corrected chi connectivity index (χ1v) is 9.83. The molecular weight excluding hydrogens is 424 g/mol. The Labute approximate surface area is 181 Å². The highest BCUT2D eigenvalue weighted by Crippen LogP contribution is 2.33. The molecule has 0 atom stereocenters. The highest BCUT2D eigenvalue weighted by Gasteiger charge is 2.16. The number of aromatic nitrogens is 1. The van der Waals surface area contributed by atoms with Crippen molar-refractivity contribution < 1.29 is 33.3 Å². The highest BCUT2D eigenvalue weighted by atomic mass is 32.1. The van der Waals surface area contributed by atoms with Crippen molar-refractivity contribution in [3.63, 3.8) is 0 Å². The largest absolute Gasteiger partial charge is 0.493 e. The van der Waals surface area contributed by atoms with Crippen LogP contribution in [0.2, 0.25) is 0 Å². The maximum absolute atomic E-state index is 12.7. The zero-order valence-corrected chi connectivity index (χ0v) is 18.1. The summed E-state index contributed by atoms with van der Waals surface area (Å²) in [5, 5.41) is 0. The normalized spacial score (nSPS) is 11.3. The van der Waals surface area contributed by atoms with E-state index in [4.69, 9.17) is 14.2 Å². The second-order valence-electron chi connectivity index (χ2n) is 6.21. The molecule has 0 bridgehead atoms. The van der Waals surface area contributed by atoms with Crippen molar-refractivity contribution in [1.82, 2.24) is 4.57 Å². The summed E-state index contributed by atoms with van der Waals surface area (Å²) >= 11 is 1.22. The summed E-state index contributed by atoms with van der Waals surface area (Å²) in [5.74, 6) is -0.536. The fourth-order valence-electron chi connectivity index (χ4n) is 2.85. The standard InChI is InChI=1S/C21H20N2O7S/c1-27-15-9-14-17(10-16(15)28-2)31-21(23(14)11-18(24)29-3)22-19(25)12-5-7-13(8-6-12)20(26)30-4/h5-10H,11H2,1-4H3. The molecule has 1 aromatic heterocycles. The first-order chi connectivity index (χ1) is 14.9. The number of methoxy groups -OCH3 is 4. The van der Waals surface area contributed by atoms with Crippen LogP contribution in [0.3, 0.4) is 0 Å². The number of hydrogen-bond acceptors (Lipinski definition) is 8. The van der Waals surface area contributed by atoms with Gasteiger partial charge >= 0.3 is 11.9 Å². The minimum atomic E-state index is -0.527. The first-order valence-electron chi connectivity index (χ1n) is 9.01. The Hall–Kier alpha value is -3.66. The van der Waals surface area contributed by atoms with Crippen LogP contribution in [0.1, 0.15) is 20.7 Å². The van der Waals surface area contributed by atoms with E-state index in [0.717, 1.165) is 4.70 Å². The van der Waals surface area contributed by atoms with Crippen molar-refractivity contribution in [3.05, 3.63) is 52.3 Å². The Bertz CT molecular complexity index is 1210. The van der Waals surface area contributed by atoms with Crippen molar-refractivity contribution in [2.75, 3.05) is 28.4 Å². The Morgan fingerprint density at radius 3 is 2.10 bits per heavy atom. The van der Waals surface area contributed by atoms with Gasteiger partial charge in [-0.25, -0.2) is 4.79 Å². The van der Waals surface area contributed by atoms with E-state index in [2.05, 4.69) is 9.73 Å². The number of hydrogen-bond donors (Lipinski definition) is 0. The van der Waals surface area contributed by atoms with Crippen molar-refractivity contribution in [1.29, 1.82) is 0 Å². The van der Waals surface area contributed by atoms with Crippen molar-refractivity contribution >= 4 is 39.4 Å². The third-order valence-electron chi connectivity index (χ3n) is 4.45. The van der Waals surface area contributed by atoms with Gasteiger partial charge in [0, 0.05) is 17.7 Å². The van der Waals surface area contributed by atoms with Crippen LogP contribution in [0.5, 0.6) is 11.5 Å². The van der Waals surface area contributed by atoms with Gasteiger partial charge in [-0.15, -0.1) is 0 Å². The zero-order chi connectivity index (χ0) is 22.5. The second-order valence-corrected chi connectivity index (χ2v) is 7.22. The lowest BCUT2D eigenvalue weighted by molar-refractivity contribution is -0.141. The summed E-state index contributed by atoms with van der Waals surface area (Å²) in [7, 11) is 5.59. The number of rotatable bonds is 6. The van der Waals surface area contributed by atoms with Gasteiger partial charge in [0.1, 0.15) is 6.54 Å². The van der Waals surface area contributed by atoms with Gasteiger partial charge in [-0.05, 0) is 24.3 Å². The average Bonchev–Trinajstić information content (AvgIpc) is 3.12. The molecule has 0 aliphatic heterocycles. The molecule has 162 valence electrons. The first kappa shape index (κ1) is 22.0. The van der Waals surface area contributed by atoms with E-state index in [1.807, 2.05) is 0 Å². The Morgan fingerprint density at radius 2 is 1.52 bits per heavy atom. The minimum Gasteiger partial charge on any atom is -0.493 e. The van der Waals surface area contributed by atoms with E-state index in [1.165, 1.54) is 64.0 Å². The number of thiazole rings is 1. The summed E-state index contributed by atoms with van der Waals surface area (Å²) in [5.41, 5.74) is 1.24. The summed E-state index contributed by atoms with van der Waals surface area (Å²) in [6.45, 7) is -0.140. The van der Waals surface area contributed by atoms with Gasteiger partial charge in [0.05, 0.1) is 44.2 Å². The topological polar surface area (TPSA) is 105 Å². The quantitative estimate of drug-likeness (QED) is 0.538. The molecule has 10 heteroatoms. The molecule has 31 heavy (non-hydrogen) atoms. The van der Waals surface area contributed by atoms with Crippen LogP contribution in [-0.4, -0.2) is 50.9 Å². The van der Waals surface area contributed by atoms with Crippen LogP contribution in [0.15, 0.2) is 41.4 Å². The fraction of sp³-hybridized carbons (Fsp3) is 0.238. The molecule has 0 aliphatic rings. The molecule has 1 heterocycles. The van der Waals surface area contributed by atoms with E-state index in [-0.39, 0.29) is 12.1 Å². The predicted octanol–water partition coefficient (Wildman–Crippen LogP) is 2.42. The van der Waals surface area contributed by atoms with Crippen LogP contribution < -0.4 is 14.3 Å². The highest BCUT2D eigenvalue weighted by molar-refractivity contribution is 7.16. The number of ether oxygens (including phenoxy) is 4. The molecule has 0 radical (unpaired) electrons. The number of fused-ring (bicyclic) bond motifs is 1. The molecule has 2 aromatic carbocycles. The Balaban J connectivity index is 2.11. The maximum Gasteiger partial charge on any atom is 0.337 e. The molecular formula is C21H20N2O7S. The van der Waals surface area contributed by atoms with Crippen molar-refractivity contribution in [2.24, 2.45) is 4.99 Å². The lowest BCUT2D eigenvalue weighted by atomic mass is 10.1. The summed E-state index contributed by atoms with van der Waals surface area (Å²) in [4.78, 5) is 40.8. The Kier molecular flexibility index (Phi) is 6.71. The molecule has 9 nitrogen and oxygen atoms in total. The molecule has 1 amide bonds. The van der Waals surface area contributed by atoms with E-state index >= 15 is 0 Å². The van der Waals surface area contributed by atoms with Gasteiger partial charge in [-0.2, -0.15) is 4.99 Å². The lowest BCUT2D eigenvalue weighted by Gasteiger charge is -2.09. The SMILES string of the molecule is COC(=O)Cn1c(=NC(=O)c2ccc(C(=O)OC)cc2)sc2cc(OC)c(OC)cc21. The number of benzene rings is 2. The average molecular weight is 444 g/mol. The fourth-order valence-corrected chi connectivity index (χ4v) is 3.88. The number of carbonyl (C=O) groups is 3. The molecule has 3 rings (SSSR count). The second kappa shape index (κ2) is 9.43. The lowest BCUT2D eigenvalue weighted by Crippen LogP contribution is -2.22. The van der Waals surface area contributed by atoms with Gasteiger partial charge in [-0.1, -0.05) is 11.3 Å². The third-order valence-corrected chi connectivity index (χ3v) is 5.49. The molecule has 0 unspecified atom stereocenters.